The maximum atomic E-state index is 11.7. The number of ketones is 1. The fourth-order valence-corrected chi connectivity index (χ4v) is 6.83. The molecule has 0 saturated heterocycles. The summed E-state index contributed by atoms with van der Waals surface area (Å²) in [6.45, 7) is 16.9. The number of carbonyl (C=O) groups excluding carboxylic acids is 1. The quantitative estimate of drug-likeness (QED) is 0.0681. The Bertz CT molecular complexity index is 2150. The zero-order valence-corrected chi connectivity index (χ0v) is 33.7. The third kappa shape index (κ3) is 9.01. The summed E-state index contributed by atoms with van der Waals surface area (Å²) in [5.74, 6) is 0.547. The molecule has 0 bridgehead atoms. The van der Waals surface area contributed by atoms with Crippen LogP contribution in [0.2, 0.25) is 0 Å². The summed E-state index contributed by atoms with van der Waals surface area (Å²) in [6, 6.07) is 36.1. The van der Waals surface area contributed by atoms with Gasteiger partial charge in [0.2, 0.25) is 0 Å². The first-order valence-electron chi connectivity index (χ1n) is 18.1. The minimum atomic E-state index is 0. The zero-order chi connectivity index (χ0) is 36.0. The van der Waals surface area contributed by atoms with Gasteiger partial charge in [-0.1, -0.05) is 132 Å². The van der Waals surface area contributed by atoms with E-state index in [9.17, 15) is 9.90 Å². The van der Waals surface area contributed by atoms with E-state index in [1.54, 1.807) is 0 Å². The van der Waals surface area contributed by atoms with Crippen molar-refractivity contribution in [2.24, 2.45) is 11.8 Å². The first kappa shape index (κ1) is 39.6. The van der Waals surface area contributed by atoms with Crippen LogP contribution in [0, 0.1) is 24.8 Å². The molecule has 0 saturated carbocycles. The number of allylic oxidation sites excluding steroid dienone is 2. The van der Waals surface area contributed by atoms with Crippen LogP contribution in [0.4, 0.5) is 0 Å². The molecule has 0 spiro atoms. The number of carbonyl (C=O) groups is 1. The number of aliphatic hydroxyl groups is 1. The fourth-order valence-electron chi connectivity index (χ4n) is 6.83. The summed E-state index contributed by atoms with van der Waals surface area (Å²) in [7, 11) is 0. The van der Waals surface area contributed by atoms with E-state index >= 15 is 0 Å². The van der Waals surface area contributed by atoms with Crippen LogP contribution in [-0.2, 0) is 30.3 Å². The van der Waals surface area contributed by atoms with Gasteiger partial charge >= 0.3 is 0 Å². The van der Waals surface area contributed by atoms with E-state index in [1.165, 1.54) is 38.6 Å². The number of fused-ring (bicyclic) bond motifs is 4. The third-order valence-electron chi connectivity index (χ3n) is 9.98. The second-order valence-electron chi connectivity index (χ2n) is 14.3. The molecule has 0 fully saturated rings. The molecular weight excluding hydrogens is 805 g/mol. The van der Waals surface area contributed by atoms with E-state index in [0.717, 1.165) is 59.1 Å². The van der Waals surface area contributed by atoms with Crippen LogP contribution in [0.25, 0.3) is 54.7 Å². The molecule has 4 nitrogen and oxygen atoms in total. The number of nitrogens with zero attached hydrogens (tertiary/aromatic N) is 2. The van der Waals surface area contributed by atoms with Crippen LogP contribution >= 0.6 is 0 Å². The summed E-state index contributed by atoms with van der Waals surface area (Å²) in [6.07, 6.45) is 4.91. The average molecular weight is 856 g/mol. The number of aryl methyl sites for hydroxylation is 1. The van der Waals surface area contributed by atoms with Gasteiger partial charge in [0.25, 0.3) is 0 Å². The Balaban J connectivity index is 0.000000312. The predicted octanol–water partition coefficient (Wildman–Crippen LogP) is 12.5. The first-order valence-corrected chi connectivity index (χ1v) is 18.1. The molecule has 6 aromatic rings. The largest absolute Gasteiger partial charge is 0.512 e. The van der Waals surface area contributed by atoms with Crippen molar-refractivity contribution in [3.63, 3.8) is 0 Å². The molecule has 0 unspecified atom stereocenters. The number of aliphatic hydroxyl groups excluding tert-OH is 1. The van der Waals surface area contributed by atoms with Crippen LogP contribution in [0.3, 0.4) is 0 Å². The second kappa shape index (κ2) is 17.4. The van der Waals surface area contributed by atoms with Gasteiger partial charge in [-0.05, 0) is 76.8 Å². The normalized spacial score (nSPS) is 11.9. The maximum absolute atomic E-state index is 11.7. The predicted molar refractivity (Wildman–Crippen MR) is 212 cm³/mol. The number of hydrogen-bond acceptors (Lipinski definition) is 4. The Hall–Kier alpha value is -4.18. The topological polar surface area (TPSA) is 63.1 Å². The third-order valence-corrected chi connectivity index (χ3v) is 9.98. The number of hydrogen-bond donors (Lipinski definition) is 1. The van der Waals surface area contributed by atoms with Gasteiger partial charge in [-0.15, -0.1) is 29.1 Å². The molecule has 267 valence electrons. The molecule has 1 radical (unpaired) electrons. The summed E-state index contributed by atoms with van der Waals surface area (Å²) in [5, 5.41) is 26.3. The minimum Gasteiger partial charge on any atom is -0.512 e. The SMILES string of the molecule is CCC(CC)C(=O)/C=C(\O)C(CC)CC.Cc1nnc(-c2[c-]c3ccccc3c(C(C)(C)C)c2)cc1-c1ccc2c(ccc3ccccc32)c1.[Ir]. The molecule has 0 atom stereocenters. The van der Waals surface area contributed by atoms with Gasteiger partial charge in [0.15, 0.2) is 5.78 Å². The Morgan fingerprint density at radius 3 is 2.02 bits per heavy atom. The van der Waals surface area contributed by atoms with Gasteiger partial charge in [-0.3, -0.25) is 4.79 Å². The van der Waals surface area contributed by atoms with Crippen molar-refractivity contribution in [1.29, 1.82) is 0 Å². The zero-order valence-electron chi connectivity index (χ0n) is 31.3. The van der Waals surface area contributed by atoms with Crippen molar-refractivity contribution in [3.05, 3.63) is 120 Å². The van der Waals surface area contributed by atoms with Crippen LogP contribution in [0.5, 0.6) is 0 Å². The van der Waals surface area contributed by atoms with Gasteiger partial charge < -0.3 is 5.11 Å². The van der Waals surface area contributed by atoms with Gasteiger partial charge in [0.1, 0.15) is 0 Å². The summed E-state index contributed by atoms with van der Waals surface area (Å²) < 4.78 is 0. The molecule has 0 aliphatic carbocycles. The van der Waals surface area contributed by atoms with Crippen molar-refractivity contribution >= 4 is 38.1 Å². The van der Waals surface area contributed by atoms with E-state index in [4.69, 9.17) is 0 Å². The monoisotopic (exact) mass is 856 g/mol. The summed E-state index contributed by atoms with van der Waals surface area (Å²) in [5.41, 5.74) is 6.30. The van der Waals surface area contributed by atoms with E-state index in [-0.39, 0.29) is 48.9 Å². The molecule has 0 amide bonds. The average Bonchev–Trinajstić information content (AvgIpc) is 3.12. The Kier molecular flexibility index (Phi) is 13.5. The van der Waals surface area contributed by atoms with Gasteiger partial charge in [0, 0.05) is 43.7 Å². The van der Waals surface area contributed by atoms with Gasteiger partial charge in [-0.2, -0.15) is 10.2 Å². The van der Waals surface area contributed by atoms with Crippen LogP contribution in [0.15, 0.2) is 103 Å². The molecule has 1 aromatic heterocycles. The summed E-state index contributed by atoms with van der Waals surface area (Å²) in [4.78, 5) is 11.7. The molecule has 51 heavy (non-hydrogen) atoms. The van der Waals surface area contributed by atoms with E-state index in [1.807, 2.05) is 34.6 Å². The summed E-state index contributed by atoms with van der Waals surface area (Å²) >= 11 is 0. The van der Waals surface area contributed by atoms with E-state index < -0.39 is 0 Å². The minimum absolute atomic E-state index is 0. The van der Waals surface area contributed by atoms with Crippen molar-refractivity contribution in [3.8, 4) is 22.4 Å². The number of rotatable bonds is 9. The first-order chi connectivity index (χ1) is 24.0. The van der Waals surface area contributed by atoms with Gasteiger partial charge in [0.05, 0.1) is 11.5 Å². The van der Waals surface area contributed by atoms with E-state index in [2.05, 4.69) is 128 Å². The Labute approximate surface area is 317 Å². The van der Waals surface area contributed by atoms with Crippen molar-refractivity contribution in [1.82, 2.24) is 10.2 Å². The molecular formula is C46H51IrN2O2-. The molecule has 1 heterocycles. The van der Waals surface area contributed by atoms with E-state index in [0.29, 0.717) is 0 Å². The molecule has 5 heteroatoms. The van der Waals surface area contributed by atoms with Crippen molar-refractivity contribution < 1.29 is 30.0 Å². The fraction of sp³-hybridized carbons (Fsp3) is 0.326. The van der Waals surface area contributed by atoms with Crippen molar-refractivity contribution in [2.45, 2.75) is 86.5 Å². The molecule has 0 aliphatic rings. The second-order valence-corrected chi connectivity index (χ2v) is 14.3. The van der Waals surface area contributed by atoms with Gasteiger partial charge in [-0.25, -0.2) is 0 Å². The molecule has 1 N–H and O–H groups in total. The van der Waals surface area contributed by atoms with Crippen LogP contribution in [-0.4, -0.2) is 21.1 Å². The molecule has 0 aliphatic heterocycles. The molecule has 5 aromatic carbocycles. The van der Waals surface area contributed by atoms with Crippen LogP contribution < -0.4 is 0 Å². The molecule has 6 rings (SSSR count). The Morgan fingerprint density at radius 1 is 0.745 bits per heavy atom. The maximum Gasteiger partial charge on any atom is 0.162 e. The smallest absolute Gasteiger partial charge is 0.162 e. The van der Waals surface area contributed by atoms with Crippen LogP contribution in [0.1, 0.15) is 85.4 Å². The Morgan fingerprint density at radius 2 is 1.35 bits per heavy atom. The van der Waals surface area contributed by atoms with Crippen molar-refractivity contribution in [2.75, 3.05) is 0 Å². The number of benzene rings is 5. The standard InChI is InChI=1S/C33H27N2.C13H24O2.Ir/c1-21-30(25-15-16-28-24(17-25)14-13-22-9-5-7-11-27(22)28)20-32(35-34-21)26-18-23-10-6-8-12-29(23)31(19-26)33(2,3)4;1-5-10(6-2)12(14)9-13(15)11(7-3)8-4;/h5-17,19-20H,1-4H3;9-11,14H,5-8H2,1-4H3;/q-1;;/b;12-9-;. The number of aromatic nitrogens is 2.